The van der Waals surface area contributed by atoms with E-state index in [-0.39, 0.29) is 21.3 Å². The average Bonchev–Trinajstić information content (AvgIpc) is 3.71. The minimum absolute atomic E-state index is 0.0305. The molecular weight excluding hydrogens is 482 g/mol. The minimum atomic E-state index is -3.86. The van der Waals surface area contributed by atoms with Crippen LogP contribution < -0.4 is 5.73 Å². The Kier molecular flexibility index (Phi) is 5.65. The largest absolute Gasteiger partial charge is 0.366 e. The number of benzene rings is 4. The number of carbonyl (C=O) groups is 1. The van der Waals surface area contributed by atoms with E-state index in [4.69, 9.17) is 10.7 Å². The molecule has 2 N–H and O–H groups in total. The highest BCUT2D eigenvalue weighted by atomic mass is 32.2. The van der Waals surface area contributed by atoms with Gasteiger partial charge in [0.1, 0.15) is 11.3 Å². The molecule has 6 nitrogen and oxygen atoms in total. The molecule has 0 bridgehead atoms. The first kappa shape index (κ1) is 23.2. The van der Waals surface area contributed by atoms with Crippen molar-refractivity contribution in [1.82, 2.24) is 9.55 Å². The first-order valence-electron chi connectivity index (χ1n) is 12.2. The molecule has 0 atom stereocenters. The van der Waals surface area contributed by atoms with E-state index in [1.807, 2.05) is 22.8 Å². The molecule has 1 fully saturated rings. The van der Waals surface area contributed by atoms with Crippen molar-refractivity contribution in [3.8, 4) is 11.1 Å². The summed E-state index contributed by atoms with van der Waals surface area (Å²) >= 11 is 0. The Morgan fingerprint density at radius 2 is 1.46 bits per heavy atom. The third kappa shape index (κ3) is 4.32. The van der Waals surface area contributed by atoms with Gasteiger partial charge in [0.2, 0.25) is 9.84 Å². The fourth-order valence-electron chi connectivity index (χ4n) is 4.73. The van der Waals surface area contributed by atoms with E-state index in [0.29, 0.717) is 17.6 Å². The van der Waals surface area contributed by atoms with Gasteiger partial charge in [-0.2, -0.15) is 0 Å². The number of imidazole rings is 1. The topological polar surface area (TPSA) is 95.1 Å². The van der Waals surface area contributed by atoms with Crippen LogP contribution in [0.15, 0.2) is 107 Å². The van der Waals surface area contributed by atoms with Crippen molar-refractivity contribution < 1.29 is 13.2 Å². The van der Waals surface area contributed by atoms with Crippen LogP contribution in [-0.4, -0.2) is 23.9 Å². The molecule has 1 saturated carbocycles. The summed E-state index contributed by atoms with van der Waals surface area (Å²) in [5.74, 6) is 0.444. The number of primary amides is 1. The number of nitrogens with two attached hydrogens (primary N) is 1. The smallest absolute Gasteiger partial charge is 0.251 e. The van der Waals surface area contributed by atoms with Crippen LogP contribution in [0.2, 0.25) is 0 Å². The highest BCUT2D eigenvalue weighted by Gasteiger charge is 2.32. The second kappa shape index (κ2) is 9.01. The van der Waals surface area contributed by atoms with Crippen LogP contribution in [0.3, 0.4) is 0 Å². The van der Waals surface area contributed by atoms with E-state index in [1.165, 1.54) is 6.07 Å². The maximum absolute atomic E-state index is 13.5. The summed E-state index contributed by atoms with van der Waals surface area (Å²) in [6.07, 6.45) is 2.02. The number of aromatic nitrogens is 2. The third-order valence-corrected chi connectivity index (χ3v) is 8.58. The Morgan fingerprint density at radius 1 is 0.838 bits per heavy atom. The Bertz CT molecular complexity index is 1720. The molecule has 1 amide bonds. The number of fused-ring (bicyclic) bond motifs is 1. The van der Waals surface area contributed by atoms with Crippen molar-refractivity contribution in [1.29, 1.82) is 0 Å². The maximum Gasteiger partial charge on any atom is 0.251 e. The van der Waals surface area contributed by atoms with Gasteiger partial charge < -0.3 is 10.3 Å². The molecule has 37 heavy (non-hydrogen) atoms. The average molecular weight is 508 g/mol. The van der Waals surface area contributed by atoms with Gasteiger partial charge in [-0.05, 0) is 53.8 Å². The van der Waals surface area contributed by atoms with E-state index in [9.17, 15) is 13.2 Å². The summed E-state index contributed by atoms with van der Waals surface area (Å²) < 4.78 is 29.0. The number of sulfone groups is 1. The normalized spacial score (nSPS) is 13.6. The van der Waals surface area contributed by atoms with Gasteiger partial charge in [0.15, 0.2) is 0 Å². The minimum Gasteiger partial charge on any atom is -0.366 e. The van der Waals surface area contributed by atoms with Crippen molar-refractivity contribution in [2.45, 2.75) is 35.1 Å². The number of hydrogen-bond donors (Lipinski definition) is 1. The molecule has 4 aromatic carbocycles. The molecule has 1 aliphatic carbocycles. The molecule has 1 aliphatic rings. The molecule has 5 aromatic rings. The van der Waals surface area contributed by atoms with E-state index in [2.05, 4.69) is 36.4 Å². The predicted molar refractivity (Wildman–Crippen MR) is 143 cm³/mol. The Balaban J connectivity index is 1.48. The van der Waals surface area contributed by atoms with Crippen LogP contribution in [0.25, 0.3) is 22.2 Å². The Hall–Kier alpha value is -4.23. The van der Waals surface area contributed by atoms with Gasteiger partial charge in [-0.25, -0.2) is 13.4 Å². The molecule has 1 heterocycles. The van der Waals surface area contributed by atoms with E-state index in [1.54, 1.807) is 36.4 Å². The van der Waals surface area contributed by atoms with Gasteiger partial charge in [0.25, 0.3) is 5.91 Å². The van der Waals surface area contributed by atoms with Crippen LogP contribution in [0.5, 0.6) is 0 Å². The predicted octanol–water partition coefficient (Wildman–Crippen LogP) is 5.56. The monoisotopic (exact) mass is 507 g/mol. The Morgan fingerprint density at radius 3 is 2.08 bits per heavy atom. The lowest BCUT2D eigenvalue weighted by molar-refractivity contribution is 0.100. The summed E-state index contributed by atoms with van der Waals surface area (Å²) in [7, 11) is -3.86. The van der Waals surface area contributed by atoms with Crippen molar-refractivity contribution in [3.05, 3.63) is 114 Å². The Labute approximate surface area is 215 Å². The summed E-state index contributed by atoms with van der Waals surface area (Å²) in [6.45, 7) is 0.504. The molecular formula is C30H25N3O3S. The van der Waals surface area contributed by atoms with Crippen molar-refractivity contribution in [2.75, 3.05) is 0 Å². The molecule has 0 aliphatic heterocycles. The number of hydrogen-bond acceptors (Lipinski definition) is 4. The van der Waals surface area contributed by atoms with Gasteiger partial charge in [0, 0.05) is 12.5 Å². The van der Waals surface area contributed by atoms with Crippen molar-refractivity contribution in [2.24, 2.45) is 5.73 Å². The van der Waals surface area contributed by atoms with Crippen LogP contribution in [0.4, 0.5) is 0 Å². The van der Waals surface area contributed by atoms with E-state index < -0.39 is 15.7 Å². The van der Waals surface area contributed by atoms with Gasteiger partial charge in [-0.1, -0.05) is 72.8 Å². The van der Waals surface area contributed by atoms with Crippen LogP contribution in [-0.2, 0) is 16.4 Å². The fourth-order valence-corrected chi connectivity index (χ4v) is 6.06. The standard InChI is InChI=1S/C30H25N3O3S/c31-29(34)26-17-25(37(35,36)24-9-5-2-6-10-24)18-27-28(26)32-30(23-15-16-23)33(27)19-20-11-13-22(14-12-20)21-7-3-1-4-8-21/h1-14,17-18,23H,15-16,19H2,(H2,31,34). The van der Waals surface area contributed by atoms with Crippen LogP contribution in [0, 0.1) is 0 Å². The SMILES string of the molecule is NC(=O)c1cc(S(=O)(=O)c2ccccc2)cc2c1nc(C1CC1)n2Cc1ccc(-c2ccccc2)cc1. The van der Waals surface area contributed by atoms with Gasteiger partial charge in [-0.15, -0.1) is 0 Å². The molecule has 7 heteroatoms. The van der Waals surface area contributed by atoms with Gasteiger partial charge >= 0.3 is 0 Å². The van der Waals surface area contributed by atoms with E-state index in [0.717, 1.165) is 35.4 Å². The van der Waals surface area contributed by atoms with Crippen LogP contribution >= 0.6 is 0 Å². The molecule has 0 saturated heterocycles. The van der Waals surface area contributed by atoms with Crippen molar-refractivity contribution >= 4 is 26.8 Å². The van der Waals surface area contributed by atoms with Crippen molar-refractivity contribution in [3.63, 3.8) is 0 Å². The zero-order valence-corrected chi connectivity index (χ0v) is 20.9. The number of nitrogens with zero attached hydrogens (tertiary/aromatic N) is 2. The summed E-state index contributed by atoms with van der Waals surface area (Å²) in [6, 6.07) is 29.7. The molecule has 0 unspecified atom stereocenters. The summed E-state index contributed by atoms with van der Waals surface area (Å²) in [5, 5.41) is 0. The zero-order chi connectivity index (χ0) is 25.6. The molecule has 1 aromatic heterocycles. The first-order valence-corrected chi connectivity index (χ1v) is 13.7. The fraction of sp³-hybridized carbons (Fsp3) is 0.133. The lowest BCUT2D eigenvalue weighted by atomic mass is 10.0. The maximum atomic E-state index is 13.5. The zero-order valence-electron chi connectivity index (χ0n) is 20.0. The highest BCUT2D eigenvalue weighted by molar-refractivity contribution is 7.91. The molecule has 6 rings (SSSR count). The van der Waals surface area contributed by atoms with E-state index >= 15 is 0 Å². The highest BCUT2D eigenvalue weighted by Crippen LogP contribution is 2.42. The number of amides is 1. The van der Waals surface area contributed by atoms with Gasteiger partial charge in [-0.3, -0.25) is 4.79 Å². The summed E-state index contributed by atoms with van der Waals surface area (Å²) in [4.78, 5) is 17.5. The third-order valence-electron chi connectivity index (χ3n) is 6.83. The first-order chi connectivity index (χ1) is 17.9. The lowest BCUT2D eigenvalue weighted by Gasteiger charge is -2.12. The van der Waals surface area contributed by atoms with Gasteiger partial charge in [0.05, 0.1) is 20.9 Å². The second-order valence-electron chi connectivity index (χ2n) is 9.41. The second-order valence-corrected chi connectivity index (χ2v) is 11.4. The van der Waals surface area contributed by atoms with Crippen LogP contribution in [0.1, 0.15) is 40.5 Å². The quantitative estimate of drug-likeness (QED) is 0.312. The number of carbonyl (C=O) groups excluding carboxylic acids is 1. The summed E-state index contributed by atoms with van der Waals surface area (Å²) in [5.41, 5.74) is 10.2. The lowest BCUT2D eigenvalue weighted by Crippen LogP contribution is -2.13. The number of rotatable bonds is 7. The molecule has 0 radical (unpaired) electrons. The molecule has 0 spiro atoms. The molecule has 184 valence electrons.